The van der Waals surface area contributed by atoms with Gasteiger partial charge in [-0.05, 0) is 13.8 Å². The normalized spacial score (nSPS) is 11.8. The number of hydrogen-bond donors (Lipinski definition) is 1. The maximum atomic E-state index is 12.4. The van der Waals surface area contributed by atoms with Crippen LogP contribution in [0.1, 0.15) is 26.7 Å². The van der Waals surface area contributed by atoms with E-state index in [-0.39, 0.29) is 12.5 Å². The van der Waals surface area contributed by atoms with Gasteiger partial charge in [0.2, 0.25) is 0 Å². The van der Waals surface area contributed by atoms with Crippen LogP contribution in [-0.4, -0.2) is 29.7 Å². The molecular formula is C8H14F2O3. The Balaban J connectivity index is 3.70. The fourth-order valence-electron chi connectivity index (χ4n) is 0.686. The molecule has 0 atom stereocenters. The molecule has 0 aliphatic heterocycles. The van der Waals surface area contributed by atoms with Crippen molar-refractivity contribution in [3.63, 3.8) is 0 Å². The van der Waals surface area contributed by atoms with Gasteiger partial charge in [0, 0.05) is 6.42 Å². The first-order valence-electron chi connectivity index (χ1n) is 4.05. The number of hydrogen-bond acceptors (Lipinski definition) is 3. The molecule has 0 saturated heterocycles. The summed E-state index contributed by atoms with van der Waals surface area (Å²) in [6, 6.07) is 0. The first-order valence-corrected chi connectivity index (χ1v) is 4.05. The summed E-state index contributed by atoms with van der Waals surface area (Å²) in [5.41, 5.74) is 0. The lowest BCUT2D eigenvalue weighted by atomic mass is 10.2. The third-order valence-corrected chi connectivity index (χ3v) is 1.29. The van der Waals surface area contributed by atoms with E-state index in [0.717, 1.165) is 0 Å². The number of aliphatic hydroxyl groups is 1. The summed E-state index contributed by atoms with van der Waals surface area (Å²) < 4.78 is 29.4. The fraction of sp³-hybridized carbons (Fsp3) is 0.875. The Hall–Kier alpha value is -0.710. The van der Waals surface area contributed by atoms with Gasteiger partial charge in [-0.3, -0.25) is 4.79 Å². The van der Waals surface area contributed by atoms with E-state index in [1.54, 1.807) is 13.8 Å². The number of esters is 1. The van der Waals surface area contributed by atoms with Crippen molar-refractivity contribution in [2.75, 3.05) is 6.61 Å². The van der Waals surface area contributed by atoms with Crippen LogP contribution in [0.2, 0.25) is 0 Å². The minimum atomic E-state index is -3.18. The maximum absolute atomic E-state index is 12.4. The van der Waals surface area contributed by atoms with Crippen molar-refractivity contribution in [1.29, 1.82) is 0 Å². The number of aliphatic hydroxyl groups excluding tert-OH is 1. The van der Waals surface area contributed by atoms with Gasteiger partial charge in [-0.1, -0.05) is 0 Å². The van der Waals surface area contributed by atoms with Crippen LogP contribution in [0.3, 0.4) is 0 Å². The van der Waals surface area contributed by atoms with Gasteiger partial charge in [-0.25, -0.2) is 8.78 Å². The van der Waals surface area contributed by atoms with Gasteiger partial charge in [0.1, 0.15) is 6.61 Å². The van der Waals surface area contributed by atoms with E-state index < -0.39 is 24.9 Å². The Morgan fingerprint density at radius 3 is 2.46 bits per heavy atom. The second-order valence-electron chi connectivity index (χ2n) is 3.05. The van der Waals surface area contributed by atoms with E-state index in [1.807, 2.05) is 0 Å². The van der Waals surface area contributed by atoms with Crippen LogP contribution in [0.15, 0.2) is 0 Å². The summed E-state index contributed by atoms with van der Waals surface area (Å²) in [6.45, 7) is 2.05. The standard InChI is InChI=1S/C8H14F2O3/c1-6(2)13-7(12)3-4-8(9,10)5-11/h6,11H,3-5H2,1-2H3. The third kappa shape index (κ3) is 6.45. The molecule has 0 saturated carbocycles. The molecule has 0 aromatic heterocycles. The summed E-state index contributed by atoms with van der Waals surface area (Å²) in [5, 5.41) is 8.19. The molecule has 1 N–H and O–H groups in total. The molecule has 3 nitrogen and oxygen atoms in total. The summed E-state index contributed by atoms with van der Waals surface area (Å²) >= 11 is 0. The Labute approximate surface area is 75.7 Å². The number of halogens is 2. The second-order valence-corrected chi connectivity index (χ2v) is 3.05. The van der Waals surface area contributed by atoms with Crippen LogP contribution in [0.25, 0.3) is 0 Å². The number of alkyl halides is 2. The molecule has 13 heavy (non-hydrogen) atoms. The van der Waals surface area contributed by atoms with Crippen molar-refractivity contribution in [2.24, 2.45) is 0 Å². The van der Waals surface area contributed by atoms with Crippen LogP contribution in [-0.2, 0) is 9.53 Å². The molecule has 0 bridgehead atoms. The van der Waals surface area contributed by atoms with E-state index in [1.165, 1.54) is 0 Å². The maximum Gasteiger partial charge on any atom is 0.306 e. The van der Waals surface area contributed by atoms with Gasteiger partial charge in [0.25, 0.3) is 5.92 Å². The lowest BCUT2D eigenvalue weighted by Gasteiger charge is -2.13. The van der Waals surface area contributed by atoms with Crippen molar-refractivity contribution >= 4 is 5.97 Å². The molecule has 0 amide bonds. The second kappa shape index (κ2) is 5.11. The van der Waals surface area contributed by atoms with E-state index >= 15 is 0 Å². The molecule has 0 unspecified atom stereocenters. The number of ether oxygens (including phenoxy) is 1. The molecule has 0 radical (unpaired) electrons. The molecule has 0 fully saturated rings. The Kier molecular flexibility index (Phi) is 4.83. The van der Waals surface area contributed by atoms with Gasteiger partial charge in [0.05, 0.1) is 12.5 Å². The van der Waals surface area contributed by atoms with Gasteiger partial charge in [-0.15, -0.1) is 0 Å². The van der Waals surface area contributed by atoms with Crippen LogP contribution in [0.4, 0.5) is 8.78 Å². The van der Waals surface area contributed by atoms with Crippen molar-refractivity contribution < 1.29 is 23.4 Å². The van der Waals surface area contributed by atoms with Gasteiger partial charge < -0.3 is 9.84 Å². The molecular weight excluding hydrogens is 182 g/mol. The molecule has 78 valence electrons. The summed E-state index contributed by atoms with van der Waals surface area (Å²) in [7, 11) is 0. The Morgan fingerprint density at radius 1 is 1.54 bits per heavy atom. The smallest absolute Gasteiger partial charge is 0.306 e. The predicted molar refractivity (Wildman–Crippen MR) is 42.5 cm³/mol. The average Bonchev–Trinajstić information content (AvgIpc) is 2.00. The van der Waals surface area contributed by atoms with Crippen LogP contribution in [0.5, 0.6) is 0 Å². The predicted octanol–water partition coefficient (Wildman–Crippen LogP) is 1.35. The molecule has 0 rings (SSSR count). The summed E-state index contributed by atoms with van der Waals surface area (Å²) in [6.07, 6.45) is -1.34. The first-order chi connectivity index (χ1) is 5.87. The van der Waals surface area contributed by atoms with Crippen LogP contribution < -0.4 is 0 Å². The van der Waals surface area contributed by atoms with Crippen LogP contribution >= 0.6 is 0 Å². The zero-order valence-corrected chi connectivity index (χ0v) is 7.72. The Bertz CT molecular complexity index is 169. The van der Waals surface area contributed by atoms with Crippen LogP contribution in [0, 0.1) is 0 Å². The highest BCUT2D eigenvalue weighted by molar-refractivity contribution is 5.69. The zero-order valence-electron chi connectivity index (χ0n) is 7.72. The first kappa shape index (κ1) is 12.3. The minimum absolute atomic E-state index is 0.296. The van der Waals surface area contributed by atoms with E-state index in [4.69, 9.17) is 5.11 Å². The van der Waals surface area contributed by atoms with Crippen molar-refractivity contribution in [3.05, 3.63) is 0 Å². The highest BCUT2D eigenvalue weighted by atomic mass is 19.3. The summed E-state index contributed by atoms with van der Waals surface area (Å²) in [4.78, 5) is 10.8. The van der Waals surface area contributed by atoms with Gasteiger partial charge in [0.15, 0.2) is 0 Å². The molecule has 0 spiro atoms. The zero-order chi connectivity index (χ0) is 10.5. The SMILES string of the molecule is CC(C)OC(=O)CCC(F)(F)CO. The number of carbonyl (C=O) groups excluding carboxylic acids is 1. The molecule has 0 aromatic rings. The largest absolute Gasteiger partial charge is 0.463 e. The van der Waals surface area contributed by atoms with E-state index in [2.05, 4.69) is 4.74 Å². The highest BCUT2D eigenvalue weighted by Crippen LogP contribution is 2.19. The number of rotatable bonds is 5. The molecule has 0 heterocycles. The van der Waals surface area contributed by atoms with E-state index in [9.17, 15) is 13.6 Å². The Morgan fingerprint density at radius 2 is 2.08 bits per heavy atom. The van der Waals surface area contributed by atoms with Gasteiger partial charge in [-0.2, -0.15) is 0 Å². The highest BCUT2D eigenvalue weighted by Gasteiger charge is 2.28. The molecule has 0 aliphatic carbocycles. The van der Waals surface area contributed by atoms with Crippen molar-refractivity contribution in [3.8, 4) is 0 Å². The monoisotopic (exact) mass is 196 g/mol. The fourth-order valence-corrected chi connectivity index (χ4v) is 0.686. The lowest BCUT2D eigenvalue weighted by Crippen LogP contribution is -2.23. The quantitative estimate of drug-likeness (QED) is 0.675. The molecule has 5 heteroatoms. The minimum Gasteiger partial charge on any atom is -0.463 e. The molecule has 0 aliphatic rings. The van der Waals surface area contributed by atoms with E-state index in [0.29, 0.717) is 0 Å². The summed E-state index contributed by atoms with van der Waals surface area (Å²) in [5.74, 6) is -3.85. The lowest BCUT2D eigenvalue weighted by molar-refractivity contribution is -0.150. The number of carbonyl (C=O) groups is 1. The van der Waals surface area contributed by atoms with Gasteiger partial charge >= 0.3 is 5.97 Å². The van der Waals surface area contributed by atoms with Crippen molar-refractivity contribution in [1.82, 2.24) is 0 Å². The third-order valence-electron chi connectivity index (χ3n) is 1.29. The molecule has 0 aromatic carbocycles. The average molecular weight is 196 g/mol. The topological polar surface area (TPSA) is 46.5 Å². The van der Waals surface area contributed by atoms with Crippen molar-refractivity contribution in [2.45, 2.75) is 38.7 Å².